The van der Waals surface area contributed by atoms with E-state index in [2.05, 4.69) is 34.6 Å². The fourth-order valence-electron chi connectivity index (χ4n) is 7.22. The van der Waals surface area contributed by atoms with Crippen LogP contribution in [0.3, 0.4) is 0 Å². The molecule has 0 aromatic heterocycles. The number of hydrogen-bond acceptors (Lipinski definition) is 17. The fourth-order valence-corrected chi connectivity index (χ4v) is 7.22. The molecule has 0 heterocycles. The Hall–Kier alpha value is -9.48. The highest BCUT2D eigenvalue weighted by atomic mass is 16.3. The molecule has 0 saturated carbocycles. The van der Waals surface area contributed by atoms with Crippen molar-refractivity contribution in [3.05, 3.63) is 191 Å². The maximum Gasteiger partial charge on any atom is 0.0472 e. The molecule has 8 rings (SSSR count). The number of rotatable bonds is 9. The van der Waals surface area contributed by atoms with Gasteiger partial charge in [-0.1, -0.05) is 96.0 Å². The molecule has 0 radical (unpaired) electrons. The summed E-state index contributed by atoms with van der Waals surface area (Å²) >= 11 is 0. The van der Waals surface area contributed by atoms with Gasteiger partial charge in [0.1, 0.15) is 0 Å². The molecular weight excluding hydrogens is 1010 g/mol. The molecule has 0 fully saturated rings. The molecule has 17 nitrogen and oxygen atoms in total. The first-order valence-corrected chi connectivity index (χ1v) is 26.9. The maximum atomic E-state index is 8.63. The lowest BCUT2D eigenvalue weighted by Crippen LogP contribution is -1.98. The van der Waals surface area contributed by atoms with Crippen LogP contribution < -0.4 is 91.7 Å². The second-order valence-electron chi connectivity index (χ2n) is 19.4. The quantitative estimate of drug-likeness (QED) is 0.0597. The minimum atomic E-state index is 0.119. The van der Waals surface area contributed by atoms with Gasteiger partial charge in [0.15, 0.2) is 0 Å². The highest BCUT2D eigenvalue weighted by molar-refractivity contribution is 5.62. The van der Waals surface area contributed by atoms with Crippen molar-refractivity contribution in [2.45, 2.75) is 99.3 Å². The topological polar surface area (TPSA) is 437 Å². The first-order valence-electron chi connectivity index (χ1n) is 26.9. The fraction of sp³-hybridized carbons (Fsp3) is 0.250. The summed E-state index contributed by atoms with van der Waals surface area (Å²) in [6.45, 7) is 14.6. The van der Waals surface area contributed by atoms with Crippen molar-refractivity contribution in [2.75, 3.05) is 98.3 Å². The predicted octanol–water partition coefficient (Wildman–Crippen LogP) is 10.9. The minimum Gasteiger partial charge on any atom is -0.399 e. The lowest BCUT2D eigenvalue weighted by molar-refractivity contribution is 0.300. The van der Waals surface area contributed by atoms with Crippen molar-refractivity contribution in [2.24, 2.45) is 0 Å². The minimum absolute atomic E-state index is 0.119. The van der Waals surface area contributed by atoms with E-state index in [1.165, 1.54) is 29.5 Å². The largest absolute Gasteiger partial charge is 0.399 e. The van der Waals surface area contributed by atoms with Crippen molar-refractivity contribution in [1.82, 2.24) is 0 Å². The molecule has 17 heteroatoms. The van der Waals surface area contributed by atoms with Gasteiger partial charge in [-0.15, -0.1) is 0 Å². The summed E-state index contributed by atoms with van der Waals surface area (Å²) in [4.78, 5) is 0. The van der Waals surface area contributed by atoms with Crippen LogP contribution in [0, 0.1) is 13.8 Å². The standard InChI is InChI=1S/C10H16N2.2C9H14N2.C8H12N2O.C8H12N2.2C7H10N2.C6H8N2/c1-2-3-4-8-5-6-9(11)7-10(8)12;1-6(2)8-4-3-7(10)5-9(8)11;1-2-3-7-4-5-8(10)6-9(7)11;9-7-2-1-6(3-4-11)8(10)5-7;1-2-6-3-4-7(9)5-8(6)10;1-5-2-3-6(8)4-7(5)9;1-5-6(8)3-2-4-7(5)9;7-5-2-1-3-6(8)4-5/h5-7H,2-4,11-12H2,1H3;3-6H,10-11H2,1-2H3;4-6H,2-3,10-11H2,1H3;1-2,5,11H,3-4,9-10H2;3-5H,2,9-10H2,1H3;2*2-4H,8-9H2,1H3;1-4H,7-8H2. The first kappa shape index (κ1) is 69.5. The zero-order valence-electron chi connectivity index (χ0n) is 48.9. The Bertz CT molecular complexity index is 3000. The Balaban J connectivity index is 0.000000464. The average Bonchev–Trinajstić information content (AvgIpc) is 3.39. The third-order valence-electron chi connectivity index (χ3n) is 12.1. The molecule has 0 atom stereocenters. The number of anilines is 16. The number of aliphatic hydroxyl groups excluding tert-OH is 1. The average molecular weight is 1110 g/mol. The van der Waals surface area contributed by atoms with Crippen LogP contribution in [0.4, 0.5) is 91.0 Å². The van der Waals surface area contributed by atoms with Crippen LogP contribution in [0.15, 0.2) is 152 Å². The third kappa shape index (κ3) is 28.1. The van der Waals surface area contributed by atoms with Gasteiger partial charge in [-0.3, -0.25) is 0 Å². The summed E-state index contributed by atoms with van der Waals surface area (Å²) in [5, 5.41) is 8.63. The van der Waals surface area contributed by atoms with E-state index in [4.69, 9.17) is 96.8 Å². The molecule has 0 amide bonds. The van der Waals surface area contributed by atoms with Crippen LogP contribution in [0.1, 0.15) is 98.7 Å². The highest BCUT2D eigenvalue weighted by Crippen LogP contribution is 2.24. The van der Waals surface area contributed by atoms with Gasteiger partial charge in [0.25, 0.3) is 0 Å². The van der Waals surface area contributed by atoms with E-state index in [-0.39, 0.29) is 6.61 Å². The van der Waals surface area contributed by atoms with Crippen molar-refractivity contribution in [1.29, 1.82) is 0 Å². The molecular formula is C64H96N16O. The highest BCUT2D eigenvalue weighted by Gasteiger charge is 2.04. The van der Waals surface area contributed by atoms with Gasteiger partial charge >= 0.3 is 0 Å². The van der Waals surface area contributed by atoms with Crippen molar-refractivity contribution < 1.29 is 5.11 Å². The van der Waals surface area contributed by atoms with E-state index < -0.39 is 0 Å². The van der Waals surface area contributed by atoms with E-state index in [9.17, 15) is 0 Å². The van der Waals surface area contributed by atoms with Crippen molar-refractivity contribution in [3.8, 4) is 0 Å². The summed E-state index contributed by atoms with van der Waals surface area (Å²) in [7, 11) is 0. The summed E-state index contributed by atoms with van der Waals surface area (Å²) in [6, 6.07) is 46.2. The number of unbranched alkanes of at least 4 members (excludes halogenated alkanes) is 1. The lowest BCUT2D eigenvalue weighted by Gasteiger charge is -2.08. The van der Waals surface area contributed by atoms with Gasteiger partial charge < -0.3 is 96.8 Å². The Kier molecular flexibility index (Phi) is 32.1. The maximum absolute atomic E-state index is 8.63. The molecule has 8 aromatic rings. The van der Waals surface area contributed by atoms with E-state index in [0.717, 1.165) is 116 Å². The summed E-state index contributed by atoms with van der Waals surface area (Å²) in [5.41, 5.74) is 109. The second kappa shape index (κ2) is 37.4. The van der Waals surface area contributed by atoms with Crippen LogP contribution >= 0.6 is 0 Å². The van der Waals surface area contributed by atoms with Crippen LogP contribution in [0.25, 0.3) is 0 Å². The lowest BCUT2D eigenvalue weighted by atomic mass is 10.0. The Morgan fingerprint density at radius 1 is 0.333 bits per heavy atom. The molecule has 8 aromatic carbocycles. The van der Waals surface area contributed by atoms with Crippen LogP contribution in [-0.4, -0.2) is 11.7 Å². The molecule has 0 unspecified atom stereocenters. The Morgan fingerprint density at radius 3 is 0.988 bits per heavy atom. The van der Waals surface area contributed by atoms with E-state index in [0.29, 0.717) is 35.1 Å². The SMILES string of the molecule is CC(C)c1ccc(N)cc1N.CCCCc1ccc(N)cc1N.CCCc1ccc(N)cc1N.CCc1ccc(N)cc1N.Cc1c(N)cccc1N.Cc1ccc(N)cc1N.Nc1ccc(CCO)c(N)c1.Nc1cccc(N)c1. The molecule has 81 heavy (non-hydrogen) atoms. The molecule has 0 saturated heterocycles. The summed E-state index contributed by atoms with van der Waals surface area (Å²) in [5.74, 6) is 0.468. The molecule has 0 spiro atoms. The van der Waals surface area contributed by atoms with Crippen molar-refractivity contribution in [3.63, 3.8) is 0 Å². The number of aryl methyl sites for hydroxylation is 4. The van der Waals surface area contributed by atoms with Crippen molar-refractivity contribution >= 4 is 91.0 Å². The van der Waals surface area contributed by atoms with Crippen LogP contribution in [0.2, 0.25) is 0 Å². The van der Waals surface area contributed by atoms with Crippen LogP contribution in [-0.2, 0) is 25.7 Å². The Labute approximate surface area is 482 Å². The smallest absolute Gasteiger partial charge is 0.0472 e. The third-order valence-corrected chi connectivity index (χ3v) is 12.1. The van der Waals surface area contributed by atoms with Crippen LogP contribution in [0.5, 0.6) is 0 Å². The zero-order valence-corrected chi connectivity index (χ0v) is 48.9. The van der Waals surface area contributed by atoms with Gasteiger partial charge in [0.2, 0.25) is 0 Å². The number of benzene rings is 8. The summed E-state index contributed by atoms with van der Waals surface area (Å²) in [6.07, 6.45) is 7.15. The van der Waals surface area contributed by atoms with Gasteiger partial charge in [0.05, 0.1) is 0 Å². The normalized spacial score (nSPS) is 9.79. The van der Waals surface area contributed by atoms with Gasteiger partial charge in [-0.25, -0.2) is 0 Å². The van der Waals surface area contributed by atoms with Gasteiger partial charge in [-0.05, 0) is 194 Å². The molecule has 438 valence electrons. The molecule has 0 aliphatic heterocycles. The number of hydrogen-bond donors (Lipinski definition) is 17. The van der Waals surface area contributed by atoms with E-state index in [1.54, 1.807) is 48.5 Å². The summed E-state index contributed by atoms with van der Waals surface area (Å²) < 4.78 is 0. The number of aliphatic hydroxyl groups is 1. The van der Waals surface area contributed by atoms with E-state index >= 15 is 0 Å². The van der Waals surface area contributed by atoms with Gasteiger partial charge in [0, 0.05) is 97.6 Å². The zero-order chi connectivity index (χ0) is 61.2. The predicted molar refractivity (Wildman–Crippen MR) is 358 cm³/mol. The first-order chi connectivity index (χ1) is 38.3. The molecule has 33 N–H and O–H groups in total. The molecule has 0 aliphatic carbocycles. The number of nitrogens with two attached hydrogens (primary N) is 16. The van der Waals surface area contributed by atoms with Gasteiger partial charge in [-0.2, -0.15) is 0 Å². The Morgan fingerprint density at radius 2 is 0.679 bits per heavy atom. The monoisotopic (exact) mass is 1100 g/mol. The van der Waals surface area contributed by atoms with E-state index in [1.807, 2.05) is 117 Å². The number of nitrogen functional groups attached to an aromatic ring is 16. The second-order valence-corrected chi connectivity index (χ2v) is 19.4. The molecule has 0 aliphatic rings. The molecule has 0 bridgehead atoms.